The van der Waals surface area contributed by atoms with Crippen molar-refractivity contribution in [1.29, 1.82) is 0 Å². The minimum atomic E-state index is 0.586. The van der Waals surface area contributed by atoms with Crippen LogP contribution in [0.5, 0.6) is 0 Å². The number of aryl methyl sites for hydroxylation is 2. The van der Waals surface area contributed by atoms with E-state index in [1.54, 1.807) is 6.33 Å². The number of rotatable bonds is 6. The van der Waals surface area contributed by atoms with Crippen LogP contribution >= 0.6 is 11.3 Å². The summed E-state index contributed by atoms with van der Waals surface area (Å²) >= 11 is 1.86. The topological polar surface area (TPSA) is 42.7 Å². The molecule has 2 aromatic rings. The minimum Gasteiger partial charge on any atom is -0.305 e. The van der Waals surface area contributed by atoms with E-state index in [-0.39, 0.29) is 0 Å². The smallest absolute Gasteiger partial charge is 0.140 e. The summed E-state index contributed by atoms with van der Waals surface area (Å²) in [4.78, 5) is 7.10. The molecular weight excluding hydrogens is 256 g/mol. The van der Waals surface area contributed by atoms with Crippen LogP contribution in [0.2, 0.25) is 0 Å². The van der Waals surface area contributed by atoms with Gasteiger partial charge in [0.05, 0.1) is 6.54 Å². The summed E-state index contributed by atoms with van der Waals surface area (Å²) in [7, 11) is 0. The third kappa shape index (κ3) is 3.88. The molecule has 0 radical (unpaired) electrons. The van der Waals surface area contributed by atoms with Crippen molar-refractivity contribution in [1.82, 2.24) is 20.1 Å². The number of nitrogens with one attached hydrogen (secondary N) is 1. The molecule has 0 aliphatic carbocycles. The molecule has 0 aliphatic rings. The average Bonchev–Trinajstić information content (AvgIpc) is 2.87. The first-order chi connectivity index (χ1) is 9.06. The summed E-state index contributed by atoms with van der Waals surface area (Å²) in [5.74, 6) is 1.60. The molecule has 0 saturated carbocycles. The van der Waals surface area contributed by atoms with Crippen LogP contribution in [0, 0.1) is 19.8 Å². The first-order valence-electron chi connectivity index (χ1n) is 6.69. The quantitative estimate of drug-likeness (QED) is 0.883. The Morgan fingerprint density at radius 2 is 2.11 bits per heavy atom. The highest BCUT2D eigenvalue weighted by Gasteiger charge is 2.06. The number of aromatic nitrogens is 3. The maximum Gasteiger partial charge on any atom is 0.140 e. The van der Waals surface area contributed by atoms with Crippen molar-refractivity contribution in [3.8, 4) is 0 Å². The van der Waals surface area contributed by atoms with E-state index in [1.165, 1.54) is 15.3 Å². The fourth-order valence-corrected chi connectivity index (χ4v) is 2.98. The number of hydrogen-bond acceptors (Lipinski definition) is 4. The maximum atomic E-state index is 4.32. The average molecular weight is 278 g/mol. The summed E-state index contributed by atoms with van der Waals surface area (Å²) in [6.45, 7) is 11.3. The van der Waals surface area contributed by atoms with Gasteiger partial charge in [-0.25, -0.2) is 9.67 Å². The Kier molecular flexibility index (Phi) is 4.71. The Labute approximate surface area is 118 Å². The van der Waals surface area contributed by atoms with Gasteiger partial charge in [0.15, 0.2) is 0 Å². The van der Waals surface area contributed by atoms with Gasteiger partial charge in [0, 0.05) is 22.8 Å². The number of nitrogens with zero attached hydrogens (tertiary/aromatic N) is 3. The molecule has 1 N–H and O–H groups in total. The lowest BCUT2D eigenvalue weighted by Gasteiger charge is -2.08. The van der Waals surface area contributed by atoms with Crippen molar-refractivity contribution in [2.24, 2.45) is 5.92 Å². The number of hydrogen-bond donors (Lipinski definition) is 1. The van der Waals surface area contributed by atoms with Crippen LogP contribution in [0.4, 0.5) is 0 Å². The van der Waals surface area contributed by atoms with Crippen molar-refractivity contribution in [2.75, 3.05) is 0 Å². The minimum absolute atomic E-state index is 0.586. The molecule has 5 heteroatoms. The van der Waals surface area contributed by atoms with Gasteiger partial charge in [0.2, 0.25) is 0 Å². The van der Waals surface area contributed by atoms with E-state index in [0.717, 1.165) is 25.5 Å². The molecule has 0 amide bonds. The van der Waals surface area contributed by atoms with Crippen LogP contribution in [0.3, 0.4) is 0 Å². The molecule has 4 nitrogen and oxygen atoms in total. The molecule has 19 heavy (non-hydrogen) atoms. The summed E-state index contributed by atoms with van der Waals surface area (Å²) in [5, 5.41) is 7.71. The summed E-state index contributed by atoms with van der Waals surface area (Å²) in [5.41, 5.74) is 1.38. The molecule has 0 saturated heterocycles. The van der Waals surface area contributed by atoms with Gasteiger partial charge in [-0.15, -0.1) is 11.3 Å². The van der Waals surface area contributed by atoms with Crippen molar-refractivity contribution in [2.45, 2.75) is 47.3 Å². The van der Waals surface area contributed by atoms with Crippen molar-refractivity contribution in [3.63, 3.8) is 0 Å². The second-order valence-electron chi connectivity index (χ2n) is 5.31. The first kappa shape index (κ1) is 14.2. The van der Waals surface area contributed by atoms with Gasteiger partial charge >= 0.3 is 0 Å². The molecule has 2 rings (SSSR count). The second kappa shape index (κ2) is 6.30. The third-order valence-corrected chi connectivity index (χ3v) is 4.19. The standard InChI is InChI=1S/C14H22N4S/c1-10(2)8-18-14(16-9-17-18)7-15-6-13-5-11(3)12(4)19-13/h5,9-10,15H,6-8H2,1-4H3. The second-order valence-corrected chi connectivity index (χ2v) is 6.65. The van der Waals surface area contributed by atoms with Crippen LogP contribution in [0.1, 0.15) is 35.0 Å². The van der Waals surface area contributed by atoms with Crippen LogP contribution in [-0.4, -0.2) is 14.8 Å². The molecule has 0 aromatic carbocycles. The predicted octanol–water partition coefficient (Wildman–Crippen LogP) is 2.90. The Balaban J connectivity index is 1.87. The maximum absolute atomic E-state index is 4.32. The van der Waals surface area contributed by atoms with Gasteiger partial charge in [-0.2, -0.15) is 5.10 Å². The Morgan fingerprint density at radius 3 is 2.74 bits per heavy atom. The highest BCUT2D eigenvalue weighted by molar-refractivity contribution is 7.12. The van der Waals surface area contributed by atoms with E-state index in [4.69, 9.17) is 0 Å². The molecule has 0 atom stereocenters. The van der Waals surface area contributed by atoms with Gasteiger partial charge in [0.1, 0.15) is 12.2 Å². The normalized spacial score (nSPS) is 11.4. The molecule has 0 fully saturated rings. The fourth-order valence-electron chi connectivity index (χ4n) is 1.96. The lowest BCUT2D eigenvalue weighted by Crippen LogP contribution is -2.18. The van der Waals surface area contributed by atoms with Gasteiger partial charge in [0.25, 0.3) is 0 Å². The molecule has 0 spiro atoms. The lowest BCUT2D eigenvalue weighted by atomic mass is 10.2. The van der Waals surface area contributed by atoms with E-state index in [1.807, 2.05) is 16.0 Å². The third-order valence-electron chi connectivity index (χ3n) is 3.03. The van der Waals surface area contributed by atoms with Crippen molar-refractivity contribution >= 4 is 11.3 Å². The molecule has 0 aliphatic heterocycles. The summed E-state index contributed by atoms with van der Waals surface area (Å²) < 4.78 is 1.99. The van der Waals surface area contributed by atoms with Crippen LogP contribution in [0.25, 0.3) is 0 Å². The Bertz CT molecular complexity index is 508. The van der Waals surface area contributed by atoms with Crippen molar-refractivity contribution in [3.05, 3.63) is 33.5 Å². The molecule has 2 aromatic heterocycles. The first-order valence-corrected chi connectivity index (χ1v) is 7.51. The number of thiophene rings is 1. The van der Waals surface area contributed by atoms with Gasteiger partial charge in [-0.05, 0) is 31.4 Å². The van der Waals surface area contributed by atoms with E-state index in [2.05, 4.69) is 49.2 Å². The van der Waals surface area contributed by atoms with Gasteiger partial charge in [-0.3, -0.25) is 0 Å². The largest absolute Gasteiger partial charge is 0.305 e. The zero-order chi connectivity index (χ0) is 13.8. The predicted molar refractivity (Wildman–Crippen MR) is 79.2 cm³/mol. The highest BCUT2D eigenvalue weighted by atomic mass is 32.1. The van der Waals surface area contributed by atoms with Gasteiger partial charge in [-0.1, -0.05) is 13.8 Å². The zero-order valence-corrected chi connectivity index (χ0v) is 12.9. The molecule has 0 bridgehead atoms. The van der Waals surface area contributed by atoms with E-state index in [9.17, 15) is 0 Å². The van der Waals surface area contributed by atoms with Gasteiger partial charge < -0.3 is 5.32 Å². The Morgan fingerprint density at radius 1 is 1.32 bits per heavy atom. The van der Waals surface area contributed by atoms with E-state index in [0.29, 0.717) is 5.92 Å². The summed E-state index contributed by atoms with van der Waals surface area (Å²) in [6, 6.07) is 2.26. The van der Waals surface area contributed by atoms with E-state index < -0.39 is 0 Å². The Hall–Kier alpha value is -1.20. The highest BCUT2D eigenvalue weighted by Crippen LogP contribution is 2.20. The monoisotopic (exact) mass is 278 g/mol. The summed E-state index contributed by atoms with van der Waals surface area (Å²) in [6.07, 6.45) is 1.64. The zero-order valence-electron chi connectivity index (χ0n) is 12.1. The fraction of sp³-hybridized carbons (Fsp3) is 0.571. The van der Waals surface area contributed by atoms with E-state index >= 15 is 0 Å². The molecule has 104 valence electrons. The van der Waals surface area contributed by atoms with Crippen LogP contribution in [-0.2, 0) is 19.6 Å². The lowest BCUT2D eigenvalue weighted by molar-refractivity contribution is 0.458. The van der Waals surface area contributed by atoms with Crippen LogP contribution in [0.15, 0.2) is 12.4 Å². The molecule has 0 unspecified atom stereocenters. The molecule has 2 heterocycles. The van der Waals surface area contributed by atoms with Crippen molar-refractivity contribution < 1.29 is 0 Å². The molecular formula is C14H22N4S. The van der Waals surface area contributed by atoms with Crippen LogP contribution < -0.4 is 5.32 Å². The SMILES string of the molecule is Cc1cc(CNCc2ncnn2CC(C)C)sc1C.